The van der Waals surface area contributed by atoms with Crippen LogP contribution in [0.3, 0.4) is 0 Å². The fourth-order valence-electron chi connectivity index (χ4n) is 1.44. The van der Waals surface area contributed by atoms with Crippen LogP contribution in [0.25, 0.3) is 0 Å². The Balaban J connectivity index is 2.25. The molecule has 0 aliphatic carbocycles. The number of hydrogen-bond donors (Lipinski definition) is 2. The highest BCUT2D eigenvalue weighted by molar-refractivity contribution is 7.17. The van der Waals surface area contributed by atoms with Crippen molar-refractivity contribution < 1.29 is 14.7 Å². The predicted octanol–water partition coefficient (Wildman–Crippen LogP) is 3.32. The van der Waals surface area contributed by atoms with Crippen LogP contribution in [-0.4, -0.2) is 17.0 Å². The Morgan fingerprint density at radius 1 is 1.44 bits per heavy atom. The number of carboxylic acid groups (broad SMARTS) is 1. The third-order valence-electron chi connectivity index (χ3n) is 2.33. The molecule has 2 rings (SSSR count). The number of aromatic carboxylic acids is 1. The normalized spacial score (nSPS) is 10.3. The number of carbonyl (C=O) groups is 2. The Kier molecular flexibility index (Phi) is 3.78. The third kappa shape index (κ3) is 2.60. The zero-order chi connectivity index (χ0) is 13.1. The topological polar surface area (TPSA) is 66.4 Å². The van der Waals surface area contributed by atoms with Gasteiger partial charge < -0.3 is 10.4 Å². The summed E-state index contributed by atoms with van der Waals surface area (Å²) < 4.78 is 0. The first-order valence-electron chi connectivity index (χ1n) is 5.32. The van der Waals surface area contributed by atoms with Gasteiger partial charge in [-0.1, -0.05) is 13.0 Å². The first-order valence-corrected chi connectivity index (χ1v) is 7.02. The first-order chi connectivity index (χ1) is 8.61. The van der Waals surface area contributed by atoms with Crippen molar-refractivity contribution in [1.29, 1.82) is 0 Å². The quantitative estimate of drug-likeness (QED) is 0.903. The second-order valence-corrected chi connectivity index (χ2v) is 5.63. The summed E-state index contributed by atoms with van der Waals surface area (Å²) in [5.41, 5.74) is 0.154. The fourth-order valence-corrected chi connectivity index (χ4v) is 3.04. The van der Waals surface area contributed by atoms with Gasteiger partial charge in [-0.3, -0.25) is 4.79 Å². The van der Waals surface area contributed by atoms with Crippen LogP contribution in [0.15, 0.2) is 23.6 Å². The van der Waals surface area contributed by atoms with Crippen LogP contribution in [0, 0.1) is 0 Å². The Morgan fingerprint density at radius 2 is 2.22 bits per heavy atom. The number of carbonyl (C=O) groups excluding carboxylic acids is 1. The smallest absolute Gasteiger partial charge is 0.338 e. The van der Waals surface area contributed by atoms with Gasteiger partial charge in [0, 0.05) is 4.88 Å². The van der Waals surface area contributed by atoms with Gasteiger partial charge in [0.2, 0.25) is 0 Å². The largest absolute Gasteiger partial charge is 0.478 e. The molecule has 0 aromatic carbocycles. The van der Waals surface area contributed by atoms with E-state index in [0.29, 0.717) is 9.88 Å². The van der Waals surface area contributed by atoms with E-state index in [1.807, 2.05) is 6.92 Å². The molecule has 0 saturated heterocycles. The van der Waals surface area contributed by atoms with Gasteiger partial charge in [-0.2, -0.15) is 0 Å². The Hall–Kier alpha value is -1.66. The SMILES string of the molecule is CCc1cc(C(=O)O)c(NC(=O)c2cccs2)s1. The molecule has 94 valence electrons. The molecule has 0 bridgehead atoms. The van der Waals surface area contributed by atoms with Gasteiger partial charge in [0.15, 0.2) is 0 Å². The van der Waals surface area contributed by atoms with Crippen LogP contribution >= 0.6 is 22.7 Å². The van der Waals surface area contributed by atoms with Crippen LogP contribution in [0.2, 0.25) is 0 Å². The van der Waals surface area contributed by atoms with E-state index in [1.54, 1.807) is 23.6 Å². The van der Waals surface area contributed by atoms with Gasteiger partial charge >= 0.3 is 5.97 Å². The second-order valence-electron chi connectivity index (χ2n) is 3.55. The summed E-state index contributed by atoms with van der Waals surface area (Å²) in [6.07, 6.45) is 0.750. The number of amides is 1. The number of nitrogens with one attached hydrogen (secondary N) is 1. The summed E-state index contributed by atoms with van der Waals surface area (Å²) in [5, 5.41) is 13.9. The van der Waals surface area contributed by atoms with Crippen molar-refractivity contribution in [3.05, 3.63) is 38.9 Å². The Labute approximate surface area is 112 Å². The molecule has 0 radical (unpaired) electrons. The maximum atomic E-state index is 11.9. The van der Waals surface area contributed by atoms with Crippen molar-refractivity contribution in [3.8, 4) is 0 Å². The molecule has 0 aliphatic rings. The number of aryl methyl sites for hydroxylation is 1. The molecule has 18 heavy (non-hydrogen) atoms. The lowest BCUT2D eigenvalue weighted by atomic mass is 10.2. The molecule has 2 aromatic rings. The summed E-state index contributed by atoms with van der Waals surface area (Å²) in [4.78, 5) is 24.4. The molecule has 1 amide bonds. The minimum absolute atomic E-state index is 0.154. The van der Waals surface area contributed by atoms with Crippen molar-refractivity contribution in [3.63, 3.8) is 0 Å². The van der Waals surface area contributed by atoms with Crippen LogP contribution in [0.5, 0.6) is 0 Å². The minimum Gasteiger partial charge on any atom is -0.478 e. The molecule has 0 unspecified atom stereocenters. The maximum Gasteiger partial charge on any atom is 0.338 e. The van der Waals surface area contributed by atoms with Gasteiger partial charge in [0.05, 0.1) is 10.4 Å². The molecule has 0 fully saturated rings. The van der Waals surface area contributed by atoms with E-state index in [-0.39, 0.29) is 11.5 Å². The second kappa shape index (κ2) is 5.32. The average Bonchev–Trinajstić information content (AvgIpc) is 2.97. The Morgan fingerprint density at radius 3 is 2.78 bits per heavy atom. The van der Waals surface area contributed by atoms with Gasteiger partial charge in [-0.25, -0.2) is 4.79 Å². The third-order valence-corrected chi connectivity index (χ3v) is 4.40. The van der Waals surface area contributed by atoms with E-state index < -0.39 is 5.97 Å². The van der Waals surface area contributed by atoms with Gasteiger partial charge in [-0.05, 0) is 23.9 Å². The lowest BCUT2D eigenvalue weighted by Gasteiger charge is -2.01. The van der Waals surface area contributed by atoms with Crippen LogP contribution in [0.1, 0.15) is 31.8 Å². The van der Waals surface area contributed by atoms with Gasteiger partial charge in [0.1, 0.15) is 5.00 Å². The molecule has 2 N–H and O–H groups in total. The summed E-state index contributed by atoms with van der Waals surface area (Å²) in [6, 6.07) is 5.09. The van der Waals surface area contributed by atoms with Crippen LogP contribution in [0.4, 0.5) is 5.00 Å². The number of hydrogen-bond acceptors (Lipinski definition) is 4. The van der Waals surface area contributed by atoms with E-state index in [9.17, 15) is 9.59 Å². The van der Waals surface area contributed by atoms with Crippen LogP contribution < -0.4 is 5.32 Å². The zero-order valence-electron chi connectivity index (χ0n) is 9.60. The summed E-state index contributed by atoms with van der Waals surface area (Å²) in [6.45, 7) is 1.95. The van der Waals surface area contributed by atoms with Gasteiger partial charge in [-0.15, -0.1) is 22.7 Å². The molecule has 0 saturated carbocycles. The zero-order valence-corrected chi connectivity index (χ0v) is 11.2. The van der Waals surface area contributed by atoms with E-state index in [2.05, 4.69) is 5.32 Å². The van der Waals surface area contributed by atoms with Crippen molar-refractivity contribution >= 4 is 39.6 Å². The van der Waals surface area contributed by atoms with Gasteiger partial charge in [0.25, 0.3) is 5.91 Å². The highest BCUT2D eigenvalue weighted by Gasteiger charge is 2.17. The molecule has 0 atom stereocenters. The Bertz CT molecular complexity index is 572. The number of anilines is 1. The van der Waals surface area contributed by atoms with Crippen molar-refractivity contribution in [2.75, 3.05) is 5.32 Å². The minimum atomic E-state index is -1.02. The average molecular weight is 281 g/mol. The highest BCUT2D eigenvalue weighted by Crippen LogP contribution is 2.29. The summed E-state index contributed by atoms with van der Waals surface area (Å²) >= 11 is 2.63. The van der Waals surface area contributed by atoms with Crippen LogP contribution in [-0.2, 0) is 6.42 Å². The summed E-state index contributed by atoms with van der Waals surface area (Å²) in [5.74, 6) is -1.29. The molecule has 6 heteroatoms. The molecule has 4 nitrogen and oxygen atoms in total. The molecule has 2 heterocycles. The fraction of sp³-hybridized carbons (Fsp3) is 0.167. The van der Waals surface area contributed by atoms with Crippen molar-refractivity contribution in [2.24, 2.45) is 0 Å². The predicted molar refractivity (Wildman–Crippen MR) is 72.9 cm³/mol. The number of carboxylic acids is 1. The number of thiophene rings is 2. The lowest BCUT2D eigenvalue weighted by molar-refractivity contribution is 0.0698. The molecule has 2 aromatic heterocycles. The standard InChI is InChI=1S/C12H11NO3S2/c1-2-7-6-8(12(15)16)11(18-7)13-10(14)9-4-3-5-17-9/h3-6H,2H2,1H3,(H,13,14)(H,15,16). The highest BCUT2D eigenvalue weighted by atomic mass is 32.1. The lowest BCUT2D eigenvalue weighted by Crippen LogP contribution is -2.11. The first kappa shape index (κ1) is 12.8. The van der Waals surface area contributed by atoms with E-state index >= 15 is 0 Å². The molecule has 0 aliphatic heterocycles. The molecule has 0 spiro atoms. The molecular formula is C12H11NO3S2. The van der Waals surface area contributed by atoms with E-state index in [0.717, 1.165) is 11.3 Å². The van der Waals surface area contributed by atoms with E-state index in [1.165, 1.54) is 22.7 Å². The summed E-state index contributed by atoms with van der Waals surface area (Å²) in [7, 11) is 0. The molecular weight excluding hydrogens is 270 g/mol. The van der Waals surface area contributed by atoms with Crippen molar-refractivity contribution in [2.45, 2.75) is 13.3 Å². The monoisotopic (exact) mass is 281 g/mol. The number of rotatable bonds is 4. The van der Waals surface area contributed by atoms with E-state index in [4.69, 9.17) is 5.11 Å². The van der Waals surface area contributed by atoms with Crippen molar-refractivity contribution in [1.82, 2.24) is 0 Å². The maximum absolute atomic E-state index is 11.9.